The van der Waals surface area contributed by atoms with Gasteiger partial charge in [-0.1, -0.05) is 30.3 Å². The average molecular weight is 337 g/mol. The van der Waals surface area contributed by atoms with E-state index in [0.29, 0.717) is 35.2 Å². The smallest absolute Gasteiger partial charge is 0.259 e. The summed E-state index contributed by atoms with van der Waals surface area (Å²) in [6, 6.07) is 16.2. The number of phenolic OH excluding ortho intramolecular Hbond substituents is 1. The fourth-order valence-electron chi connectivity index (χ4n) is 3.09. The van der Waals surface area contributed by atoms with Gasteiger partial charge in [0.1, 0.15) is 11.6 Å². The molecule has 1 N–H and O–H groups in total. The van der Waals surface area contributed by atoms with Gasteiger partial charge in [0.15, 0.2) is 0 Å². The quantitative estimate of drug-likeness (QED) is 0.792. The molecule has 5 heteroatoms. The molecule has 0 bridgehead atoms. The van der Waals surface area contributed by atoms with Crippen LogP contribution in [0.3, 0.4) is 0 Å². The minimum absolute atomic E-state index is 0.0829. The second-order valence-electron chi connectivity index (χ2n) is 6.03. The van der Waals surface area contributed by atoms with E-state index in [9.17, 15) is 14.3 Å². The number of carbonyl (C=O) groups is 1. The van der Waals surface area contributed by atoms with Gasteiger partial charge in [-0.15, -0.1) is 0 Å². The molecule has 0 atom stereocenters. The standard InChI is InChI=1S/C20H16FNO3/c21-19-9-8-18(16-6-1-2-7-17(16)19)20(24)22(14-11-25-12-14)13-4-3-5-15(23)10-13/h1-10,14,23H,11-12H2. The Kier molecular flexibility index (Phi) is 3.86. The minimum atomic E-state index is -0.358. The van der Waals surface area contributed by atoms with E-state index in [-0.39, 0.29) is 23.5 Å². The van der Waals surface area contributed by atoms with Crippen LogP contribution in [0.15, 0.2) is 60.7 Å². The first kappa shape index (κ1) is 15.6. The van der Waals surface area contributed by atoms with Crippen LogP contribution in [0.5, 0.6) is 5.75 Å². The van der Waals surface area contributed by atoms with Crippen molar-refractivity contribution in [2.45, 2.75) is 6.04 Å². The van der Waals surface area contributed by atoms with Crippen LogP contribution in [0.1, 0.15) is 10.4 Å². The number of aromatic hydroxyl groups is 1. The molecule has 1 fully saturated rings. The lowest BCUT2D eigenvalue weighted by molar-refractivity contribution is 0.00835. The van der Waals surface area contributed by atoms with Gasteiger partial charge in [-0.2, -0.15) is 0 Å². The van der Waals surface area contributed by atoms with E-state index >= 15 is 0 Å². The number of rotatable bonds is 3. The van der Waals surface area contributed by atoms with Crippen molar-refractivity contribution in [3.8, 4) is 5.75 Å². The summed E-state index contributed by atoms with van der Waals surface area (Å²) in [5.74, 6) is -0.516. The molecule has 1 aliphatic heterocycles. The van der Waals surface area contributed by atoms with E-state index in [1.165, 1.54) is 12.1 Å². The second-order valence-corrected chi connectivity index (χ2v) is 6.03. The maximum Gasteiger partial charge on any atom is 0.259 e. The predicted octanol–water partition coefficient (Wildman–Crippen LogP) is 3.73. The van der Waals surface area contributed by atoms with Crippen LogP contribution in [0.4, 0.5) is 10.1 Å². The topological polar surface area (TPSA) is 49.8 Å². The van der Waals surface area contributed by atoms with E-state index in [0.717, 1.165) is 0 Å². The van der Waals surface area contributed by atoms with Gasteiger partial charge in [-0.3, -0.25) is 4.79 Å². The third-order valence-corrected chi connectivity index (χ3v) is 4.41. The Balaban J connectivity index is 1.83. The van der Waals surface area contributed by atoms with Crippen LogP contribution < -0.4 is 4.90 Å². The number of anilines is 1. The first-order valence-electron chi connectivity index (χ1n) is 8.03. The van der Waals surface area contributed by atoms with Crippen LogP contribution in [-0.4, -0.2) is 30.3 Å². The van der Waals surface area contributed by atoms with Crippen LogP contribution in [-0.2, 0) is 4.74 Å². The Morgan fingerprint density at radius 2 is 1.80 bits per heavy atom. The van der Waals surface area contributed by atoms with E-state index in [1.54, 1.807) is 53.4 Å². The van der Waals surface area contributed by atoms with Crippen molar-refractivity contribution < 1.29 is 19.0 Å². The number of amides is 1. The molecule has 4 rings (SSSR count). The Labute approximate surface area is 144 Å². The summed E-state index contributed by atoms with van der Waals surface area (Å²) in [6.45, 7) is 0.862. The molecule has 3 aromatic carbocycles. The summed E-state index contributed by atoms with van der Waals surface area (Å²) in [4.78, 5) is 14.9. The zero-order valence-corrected chi connectivity index (χ0v) is 13.4. The maximum absolute atomic E-state index is 14.1. The first-order valence-corrected chi connectivity index (χ1v) is 8.03. The van der Waals surface area contributed by atoms with Crippen LogP contribution in [0.25, 0.3) is 10.8 Å². The molecule has 0 aromatic heterocycles. The van der Waals surface area contributed by atoms with Gasteiger partial charge in [-0.05, 0) is 29.7 Å². The first-order chi connectivity index (χ1) is 12.1. The zero-order chi connectivity index (χ0) is 17.4. The van der Waals surface area contributed by atoms with Crippen LogP contribution >= 0.6 is 0 Å². The molecular formula is C20H16FNO3. The van der Waals surface area contributed by atoms with Crippen LogP contribution in [0.2, 0.25) is 0 Å². The number of ether oxygens (including phenoxy) is 1. The molecule has 25 heavy (non-hydrogen) atoms. The highest BCUT2D eigenvalue weighted by Crippen LogP contribution is 2.29. The van der Waals surface area contributed by atoms with Gasteiger partial charge >= 0.3 is 0 Å². The van der Waals surface area contributed by atoms with Crippen molar-refractivity contribution in [1.82, 2.24) is 0 Å². The van der Waals surface area contributed by atoms with Crippen LogP contribution in [0, 0.1) is 5.82 Å². The summed E-state index contributed by atoms with van der Waals surface area (Å²) in [6.07, 6.45) is 0. The number of phenols is 1. The van der Waals surface area contributed by atoms with Gasteiger partial charge in [-0.25, -0.2) is 4.39 Å². The molecule has 0 radical (unpaired) electrons. The van der Waals surface area contributed by atoms with E-state index in [1.807, 2.05) is 0 Å². The molecule has 126 valence electrons. The molecule has 1 amide bonds. The number of hydrogen-bond acceptors (Lipinski definition) is 3. The Morgan fingerprint density at radius 3 is 2.48 bits per heavy atom. The number of nitrogens with zero attached hydrogens (tertiary/aromatic N) is 1. The van der Waals surface area contributed by atoms with Crippen molar-refractivity contribution in [2.75, 3.05) is 18.1 Å². The van der Waals surface area contributed by atoms with Gasteiger partial charge in [0.2, 0.25) is 0 Å². The zero-order valence-electron chi connectivity index (χ0n) is 13.4. The summed E-state index contributed by atoms with van der Waals surface area (Å²) in [5.41, 5.74) is 1.01. The maximum atomic E-state index is 14.1. The number of hydrogen-bond donors (Lipinski definition) is 1. The monoisotopic (exact) mass is 337 g/mol. The summed E-state index contributed by atoms with van der Waals surface area (Å²) in [7, 11) is 0. The molecule has 3 aromatic rings. The molecule has 4 nitrogen and oxygen atoms in total. The molecule has 1 heterocycles. The average Bonchev–Trinajstić information content (AvgIpc) is 2.58. The van der Waals surface area contributed by atoms with Crippen molar-refractivity contribution in [3.05, 3.63) is 72.0 Å². The fourth-order valence-corrected chi connectivity index (χ4v) is 3.09. The molecule has 0 spiro atoms. The molecule has 1 aliphatic rings. The largest absolute Gasteiger partial charge is 0.508 e. The number of benzene rings is 3. The minimum Gasteiger partial charge on any atom is -0.508 e. The fraction of sp³-hybridized carbons (Fsp3) is 0.150. The highest BCUT2D eigenvalue weighted by atomic mass is 19.1. The van der Waals surface area contributed by atoms with Gasteiger partial charge in [0.05, 0.1) is 19.3 Å². The SMILES string of the molecule is O=C(c1ccc(F)c2ccccc12)N(c1cccc(O)c1)C1COC1. The summed E-state index contributed by atoms with van der Waals surface area (Å²) < 4.78 is 19.3. The Hall–Kier alpha value is -2.92. The number of fused-ring (bicyclic) bond motifs is 1. The highest BCUT2D eigenvalue weighted by molar-refractivity contribution is 6.14. The predicted molar refractivity (Wildman–Crippen MR) is 93.4 cm³/mol. The van der Waals surface area contributed by atoms with Gasteiger partial charge in [0.25, 0.3) is 5.91 Å². The Morgan fingerprint density at radius 1 is 1.04 bits per heavy atom. The highest BCUT2D eigenvalue weighted by Gasteiger charge is 2.32. The number of carbonyl (C=O) groups excluding carboxylic acids is 1. The van der Waals surface area contributed by atoms with Gasteiger partial charge in [0, 0.05) is 22.7 Å². The van der Waals surface area contributed by atoms with E-state index in [2.05, 4.69) is 0 Å². The third-order valence-electron chi connectivity index (χ3n) is 4.41. The molecule has 0 aliphatic carbocycles. The van der Waals surface area contributed by atoms with Crippen molar-refractivity contribution in [2.24, 2.45) is 0 Å². The van der Waals surface area contributed by atoms with Gasteiger partial charge < -0.3 is 14.7 Å². The Bertz CT molecular complexity index is 953. The van der Waals surface area contributed by atoms with E-state index in [4.69, 9.17) is 4.74 Å². The third kappa shape index (κ3) is 2.72. The second kappa shape index (κ2) is 6.18. The summed E-state index contributed by atoms with van der Waals surface area (Å²) >= 11 is 0. The lowest BCUT2D eigenvalue weighted by Crippen LogP contribution is -2.52. The normalized spacial score (nSPS) is 14.3. The molecular weight excluding hydrogens is 321 g/mol. The lowest BCUT2D eigenvalue weighted by Gasteiger charge is -2.37. The summed E-state index contributed by atoms with van der Waals surface area (Å²) in [5, 5.41) is 10.8. The molecule has 1 saturated heterocycles. The number of halogens is 1. The molecule has 0 unspecified atom stereocenters. The lowest BCUT2D eigenvalue weighted by atomic mass is 10.0. The van der Waals surface area contributed by atoms with Crippen molar-refractivity contribution in [1.29, 1.82) is 0 Å². The van der Waals surface area contributed by atoms with Crippen molar-refractivity contribution >= 4 is 22.4 Å². The van der Waals surface area contributed by atoms with Crippen molar-refractivity contribution in [3.63, 3.8) is 0 Å². The molecule has 0 saturated carbocycles. The van der Waals surface area contributed by atoms with E-state index < -0.39 is 0 Å².